The topological polar surface area (TPSA) is 67.9 Å². The number of amides is 2. The Morgan fingerprint density at radius 1 is 1.56 bits per heavy atom. The van der Waals surface area contributed by atoms with Crippen LogP contribution in [0.25, 0.3) is 0 Å². The summed E-state index contributed by atoms with van der Waals surface area (Å²) in [6.07, 6.45) is -0.882. The average Bonchev–Trinajstić information content (AvgIpc) is 2.46. The van der Waals surface area contributed by atoms with E-state index >= 15 is 0 Å². The van der Waals surface area contributed by atoms with Gasteiger partial charge in [0.15, 0.2) is 6.23 Å². The molecule has 2 heterocycles. The highest BCUT2D eigenvalue weighted by molar-refractivity contribution is 5.87. The lowest BCUT2D eigenvalue weighted by Crippen LogP contribution is -2.58. The van der Waals surface area contributed by atoms with Gasteiger partial charge in [0.05, 0.1) is 13.2 Å². The van der Waals surface area contributed by atoms with E-state index in [9.17, 15) is 9.59 Å². The lowest BCUT2D eigenvalue weighted by Gasteiger charge is -2.33. The zero-order valence-electron chi connectivity index (χ0n) is 9.65. The first-order valence-corrected chi connectivity index (χ1v) is 5.29. The Hall–Kier alpha value is -1.30. The molecule has 0 aromatic carbocycles. The first-order chi connectivity index (χ1) is 7.38. The van der Waals surface area contributed by atoms with Crippen LogP contribution in [0.1, 0.15) is 20.8 Å². The molecule has 2 rings (SSSR count). The van der Waals surface area contributed by atoms with Crippen LogP contribution >= 0.6 is 0 Å². The van der Waals surface area contributed by atoms with Gasteiger partial charge in [-0.2, -0.15) is 0 Å². The molecule has 2 aliphatic rings. The van der Waals surface area contributed by atoms with E-state index in [2.05, 4.69) is 5.32 Å². The highest BCUT2D eigenvalue weighted by atomic mass is 16.6. The zero-order chi connectivity index (χ0) is 11.9. The molecule has 0 unspecified atom stereocenters. The Labute approximate surface area is 93.9 Å². The monoisotopic (exact) mass is 228 g/mol. The number of nitrogens with one attached hydrogen (secondary N) is 1. The Morgan fingerprint density at radius 2 is 2.25 bits per heavy atom. The molecule has 0 aromatic heterocycles. The van der Waals surface area contributed by atoms with Crippen LogP contribution in [0.15, 0.2) is 0 Å². The van der Waals surface area contributed by atoms with Crippen molar-refractivity contribution in [1.82, 2.24) is 10.2 Å². The fourth-order valence-corrected chi connectivity index (χ4v) is 1.79. The van der Waals surface area contributed by atoms with Gasteiger partial charge in [0.1, 0.15) is 11.6 Å². The quantitative estimate of drug-likeness (QED) is 0.637. The van der Waals surface area contributed by atoms with E-state index in [1.54, 1.807) is 20.8 Å². The molecule has 2 saturated heterocycles. The van der Waals surface area contributed by atoms with E-state index in [4.69, 9.17) is 9.47 Å². The first-order valence-electron chi connectivity index (χ1n) is 5.29. The molecule has 0 aliphatic carbocycles. The Bertz CT molecular complexity index is 323. The predicted octanol–water partition coefficient (Wildman–Crippen LogP) is 0.0782. The van der Waals surface area contributed by atoms with Crippen LogP contribution in [0.2, 0.25) is 0 Å². The average molecular weight is 228 g/mol. The van der Waals surface area contributed by atoms with Crippen LogP contribution in [0.5, 0.6) is 0 Å². The summed E-state index contributed by atoms with van der Waals surface area (Å²) >= 11 is 0. The maximum atomic E-state index is 11.9. The van der Waals surface area contributed by atoms with Gasteiger partial charge in [0.25, 0.3) is 0 Å². The van der Waals surface area contributed by atoms with Crippen molar-refractivity contribution in [3.63, 3.8) is 0 Å². The lowest BCUT2D eigenvalue weighted by molar-refractivity contribution is -0.128. The van der Waals surface area contributed by atoms with Gasteiger partial charge in [-0.25, -0.2) is 4.79 Å². The van der Waals surface area contributed by atoms with Gasteiger partial charge < -0.3 is 14.8 Å². The molecule has 0 spiro atoms. The molecular formula is C10H16N2O4. The molecule has 0 radical (unpaired) electrons. The van der Waals surface area contributed by atoms with E-state index in [-0.39, 0.29) is 12.5 Å². The van der Waals surface area contributed by atoms with E-state index in [0.717, 1.165) is 0 Å². The number of hydrogen-bond acceptors (Lipinski definition) is 4. The van der Waals surface area contributed by atoms with Crippen LogP contribution in [0.4, 0.5) is 4.79 Å². The van der Waals surface area contributed by atoms with E-state index in [1.807, 2.05) is 0 Å². The summed E-state index contributed by atoms with van der Waals surface area (Å²) in [7, 11) is 0. The summed E-state index contributed by atoms with van der Waals surface area (Å²) in [5.41, 5.74) is -0.565. The van der Waals surface area contributed by atoms with Gasteiger partial charge in [-0.1, -0.05) is 0 Å². The largest absolute Gasteiger partial charge is 0.444 e. The molecule has 2 aliphatic heterocycles. The molecule has 2 fully saturated rings. The van der Waals surface area contributed by atoms with Crippen molar-refractivity contribution in [1.29, 1.82) is 0 Å². The minimum atomic E-state index is -0.565. The van der Waals surface area contributed by atoms with Gasteiger partial charge in [0, 0.05) is 0 Å². The maximum absolute atomic E-state index is 11.9. The van der Waals surface area contributed by atoms with Crippen LogP contribution in [0, 0.1) is 0 Å². The van der Waals surface area contributed by atoms with Crippen molar-refractivity contribution >= 4 is 12.0 Å². The van der Waals surface area contributed by atoms with Crippen molar-refractivity contribution in [3.05, 3.63) is 0 Å². The molecule has 0 saturated carbocycles. The van der Waals surface area contributed by atoms with Crippen LogP contribution in [-0.4, -0.2) is 47.9 Å². The predicted molar refractivity (Wildman–Crippen MR) is 54.6 cm³/mol. The molecule has 6 nitrogen and oxygen atoms in total. The second-order valence-corrected chi connectivity index (χ2v) is 4.94. The Balaban J connectivity index is 2.09. The molecule has 6 heteroatoms. The molecule has 1 N–H and O–H groups in total. The molecule has 2 bridgehead atoms. The van der Waals surface area contributed by atoms with E-state index < -0.39 is 24.0 Å². The molecule has 90 valence electrons. The highest BCUT2D eigenvalue weighted by Gasteiger charge is 2.47. The number of ether oxygens (including phenoxy) is 2. The molecule has 2 atom stereocenters. The van der Waals surface area contributed by atoms with E-state index in [0.29, 0.717) is 6.54 Å². The van der Waals surface area contributed by atoms with Gasteiger partial charge in [0.2, 0.25) is 5.91 Å². The second-order valence-electron chi connectivity index (χ2n) is 4.94. The van der Waals surface area contributed by atoms with Crippen LogP contribution in [-0.2, 0) is 14.3 Å². The van der Waals surface area contributed by atoms with Crippen molar-refractivity contribution in [2.75, 3.05) is 13.2 Å². The fraction of sp³-hybridized carbons (Fsp3) is 0.800. The first kappa shape index (κ1) is 11.2. The van der Waals surface area contributed by atoms with Crippen molar-refractivity contribution in [3.8, 4) is 0 Å². The number of carbonyl (C=O) groups excluding carboxylic acids is 2. The zero-order valence-corrected chi connectivity index (χ0v) is 9.65. The number of rotatable bonds is 0. The van der Waals surface area contributed by atoms with E-state index in [1.165, 1.54) is 4.90 Å². The normalized spacial score (nSPS) is 28.9. The molecule has 0 aromatic rings. The van der Waals surface area contributed by atoms with Crippen LogP contribution in [0.3, 0.4) is 0 Å². The minimum Gasteiger partial charge on any atom is -0.444 e. The van der Waals surface area contributed by atoms with Gasteiger partial charge >= 0.3 is 6.09 Å². The van der Waals surface area contributed by atoms with Gasteiger partial charge in [-0.05, 0) is 20.8 Å². The summed E-state index contributed by atoms with van der Waals surface area (Å²) in [6.45, 7) is 5.94. The van der Waals surface area contributed by atoms with Crippen molar-refractivity contribution in [2.24, 2.45) is 0 Å². The fourth-order valence-electron chi connectivity index (χ4n) is 1.79. The third kappa shape index (κ3) is 1.97. The molecule has 16 heavy (non-hydrogen) atoms. The standard InChI is InChI=1S/C10H16N2O4/c1-10(2,3)16-9(14)12-6-5-15-7(12)4-11-8(6)13/h6-7H,4-5H2,1-3H3,(H,11,13)/t6-,7+/m0/s1. The summed E-state index contributed by atoms with van der Waals surface area (Å²) in [5.74, 6) is -0.181. The van der Waals surface area contributed by atoms with Gasteiger partial charge in [-0.15, -0.1) is 0 Å². The third-order valence-corrected chi connectivity index (χ3v) is 2.45. The number of piperazine rings is 1. The summed E-state index contributed by atoms with van der Waals surface area (Å²) in [5, 5.41) is 2.68. The number of carbonyl (C=O) groups is 2. The van der Waals surface area contributed by atoms with Gasteiger partial charge in [-0.3, -0.25) is 9.69 Å². The Kier molecular flexibility index (Phi) is 2.53. The number of nitrogens with zero attached hydrogens (tertiary/aromatic N) is 1. The molecule has 2 amide bonds. The van der Waals surface area contributed by atoms with Crippen LogP contribution < -0.4 is 5.32 Å². The number of fused-ring (bicyclic) bond motifs is 2. The summed E-state index contributed by atoms with van der Waals surface area (Å²) in [6, 6.07) is -0.548. The van der Waals surface area contributed by atoms with Crippen molar-refractivity contribution in [2.45, 2.75) is 38.6 Å². The van der Waals surface area contributed by atoms with Crippen molar-refractivity contribution < 1.29 is 19.1 Å². The highest BCUT2D eigenvalue weighted by Crippen LogP contribution is 2.23. The third-order valence-electron chi connectivity index (χ3n) is 2.45. The second kappa shape index (κ2) is 3.62. The Morgan fingerprint density at radius 3 is 2.88 bits per heavy atom. The summed E-state index contributed by atoms with van der Waals surface area (Å²) < 4.78 is 10.6. The molecular weight excluding hydrogens is 212 g/mol. The number of hydrogen-bond donors (Lipinski definition) is 1. The SMILES string of the molecule is CC(C)(C)OC(=O)N1[C@H]2CNC(=O)[C@@H]1CO2. The minimum absolute atomic E-state index is 0.181. The summed E-state index contributed by atoms with van der Waals surface area (Å²) in [4.78, 5) is 24.7. The maximum Gasteiger partial charge on any atom is 0.413 e. The smallest absolute Gasteiger partial charge is 0.413 e. The lowest BCUT2D eigenvalue weighted by atomic mass is 10.2.